The minimum Gasteiger partial charge on any atom is -0.369 e. The molecule has 5 rings (SSSR count). The van der Waals surface area contributed by atoms with Crippen LogP contribution in [0.3, 0.4) is 0 Å². The maximum absolute atomic E-state index is 13.3. The van der Waals surface area contributed by atoms with Crippen LogP contribution in [0.4, 0.5) is 11.4 Å². The van der Waals surface area contributed by atoms with Gasteiger partial charge in [0.1, 0.15) is 0 Å². The number of rotatable bonds is 6. The number of benzene rings is 2. The van der Waals surface area contributed by atoms with Gasteiger partial charge >= 0.3 is 0 Å². The highest BCUT2D eigenvalue weighted by Gasteiger charge is 2.31. The average Bonchev–Trinajstić information content (AvgIpc) is 3.49. The molecule has 4 N–H and O–H groups in total. The van der Waals surface area contributed by atoms with Gasteiger partial charge in [-0.3, -0.25) is 4.79 Å². The molecule has 0 aliphatic carbocycles. The molecule has 1 amide bonds. The number of nitrogens with zero attached hydrogens (tertiary/aromatic N) is 3. The van der Waals surface area contributed by atoms with Gasteiger partial charge in [-0.1, -0.05) is 6.92 Å². The van der Waals surface area contributed by atoms with E-state index in [9.17, 15) is 13.2 Å². The van der Waals surface area contributed by atoms with E-state index >= 15 is 0 Å². The first-order chi connectivity index (χ1) is 17.7. The molecular weight excluding hydrogens is 488 g/mol. The Bertz CT molecular complexity index is 1440. The van der Waals surface area contributed by atoms with Crippen molar-refractivity contribution in [3.8, 4) is 5.69 Å². The Balaban J connectivity index is 1.61. The second-order valence-electron chi connectivity index (χ2n) is 10.0. The lowest BCUT2D eigenvalue weighted by atomic mass is 10.1. The largest absolute Gasteiger partial charge is 0.369 e. The minimum atomic E-state index is -3.60. The molecule has 2 saturated heterocycles. The van der Waals surface area contributed by atoms with E-state index in [2.05, 4.69) is 32.2 Å². The molecule has 1 atom stereocenters. The van der Waals surface area contributed by atoms with E-state index in [0.29, 0.717) is 25.9 Å². The van der Waals surface area contributed by atoms with Crippen LogP contribution in [0, 0.1) is 13.8 Å². The first-order valence-electron chi connectivity index (χ1n) is 13.0. The fraction of sp³-hybridized carbons (Fsp3) is 0.444. The van der Waals surface area contributed by atoms with Gasteiger partial charge < -0.3 is 25.8 Å². The fourth-order valence-corrected chi connectivity index (χ4v) is 6.80. The average molecular weight is 525 g/mol. The van der Waals surface area contributed by atoms with Gasteiger partial charge in [0.15, 0.2) is 0 Å². The lowest BCUT2D eigenvalue weighted by Gasteiger charge is -2.31. The van der Waals surface area contributed by atoms with E-state index < -0.39 is 10.0 Å². The minimum absolute atomic E-state index is 0.0310. The summed E-state index contributed by atoms with van der Waals surface area (Å²) in [5.41, 5.74) is 11.6. The van der Waals surface area contributed by atoms with E-state index in [1.807, 2.05) is 33.0 Å². The van der Waals surface area contributed by atoms with Gasteiger partial charge in [0, 0.05) is 74.7 Å². The normalized spacial score (nSPS) is 19.0. The second-order valence-corrected chi connectivity index (χ2v) is 12.0. The van der Waals surface area contributed by atoms with E-state index in [-0.39, 0.29) is 16.8 Å². The Morgan fingerprint density at radius 1 is 1.14 bits per heavy atom. The van der Waals surface area contributed by atoms with Crippen molar-refractivity contribution >= 4 is 38.2 Å². The molecule has 0 spiro atoms. The highest BCUT2D eigenvalue weighted by molar-refractivity contribution is 7.89. The van der Waals surface area contributed by atoms with E-state index in [1.165, 1.54) is 4.31 Å². The number of aryl methyl sites for hydroxylation is 1. The van der Waals surface area contributed by atoms with Gasteiger partial charge in [-0.25, -0.2) is 8.42 Å². The third-order valence-corrected chi connectivity index (χ3v) is 9.36. The van der Waals surface area contributed by atoms with Gasteiger partial charge in [0.2, 0.25) is 15.9 Å². The second kappa shape index (κ2) is 10.1. The zero-order chi connectivity index (χ0) is 26.3. The summed E-state index contributed by atoms with van der Waals surface area (Å²) in [4.78, 5) is 14.9. The zero-order valence-corrected chi connectivity index (χ0v) is 22.6. The van der Waals surface area contributed by atoms with E-state index in [1.54, 1.807) is 12.1 Å². The summed E-state index contributed by atoms with van der Waals surface area (Å²) in [6.45, 7) is 10.2. The number of nitrogens with one attached hydrogen (secondary N) is 2. The third kappa shape index (κ3) is 4.86. The van der Waals surface area contributed by atoms with E-state index in [0.717, 1.165) is 65.3 Å². The zero-order valence-electron chi connectivity index (χ0n) is 21.8. The molecule has 37 heavy (non-hydrogen) atoms. The summed E-state index contributed by atoms with van der Waals surface area (Å²) in [6.07, 6.45) is 3.12. The summed E-state index contributed by atoms with van der Waals surface area (Å²) in [5, 5.41) is 7.35. The number of aromatic nitrogens is 1. The van der Waals surface area contributed by atoms with Gasteiger partial charge in [0.25, 0.3) is 0 Å². The molecule has 0 radical (unpaired) electrons. The molecular formula is C27H36N6O3S. The maximum atomic E-state index is 13.3. The van der Waals surface area contributed by atoms with Crippen molar-refractivity contribution in [3.63, 3.8) is 0 Å². The van der Waals surface area contributed by atoms with Crippen molar-refractivity contribution < 1.29 is 13.2 Å². The van der Waals surface area contributed by atoms with Crippen molar-refractivity contribution in [3.05, 3.63) is 47.7 Å². The summed E-state index contributed by atoms with van der Waals surface area (Å²) in [5.74, 6) is -0.0310. The SMILES string of the molecule is CCC(=O)Nc1cc(N2CCNCC2)cc(-n2cc(C)c3cc(S(=O)(=O)N4CC[C@@H](N)C4)ccc32)c1C. The van der Waals surface area contributed by atoms with Gasteiger partial charge in [0.05, 0.1) is 16.1 Å². The third-order valence-electron chi connectivity index (χ3n) is 7.50. The van der Waals surface area contributed by atoms with Crippen LogP contribution in [0.15, 0.2) is 41.4 Å². The number of sulfonamides is 1. The lowest BCUT2D eigenvalue weighted by Crippen LogP contribution is -2.43. The monoisotopic (exact) mass is 524 g/mol. The summed E-state index contributed by atoms with van der Waals surface area (Å²) < 4.78 is 30.1. The Hall–Kier alpha value is -2.92. The predicted molar refractivity (Wildman–Crippen MR) is 148 cm³/mol. The van der Waals surface area contributed by atoms with Crippen LogP contribution in [-0.2, 0) is 14.8 Å². The molecule has 0 saturated carbocycles. The predicted octanol–water partition coefficient (Wildman–Crippen LogP) is 2.73. The number of amides is 1. The lowest BCUT2D eigenvalue weighted by molar-refractivity contribution is -0.115. The number of hydrogen-bond acceptors (Lipinski definition) is 6. The highest BCUT2D eigenvalue weighted by Crippen LogP contribution is 2.35. The topological polar surface area (TPSA) is 113 Å². The Morgan fingerprint density at radius 3 is 2.57 bits per heavy atom. The number of fused-ring (bicyclic) bond motifs is 1. The summed E-state index contributed by atoms with van der Waals surface area (Å²) in [7, 11) is -3.60. The van der Waals surface area contributed by atoms with Crippen molar-refractivity contribution in [1.29, 1.82) is 0 Å². The molecule has 3 aromatic rings. The molecule has 2 fully saturated rings. The summed E-state index contributed by atoms with van der Waals surface area (Å²) in [6, 6.07) is 9.45. The highest BCUT2D eigenvalue weighted by atomic mass is 32.2. The number of hydrogen-bond donors (Lipinski definition) is 3. The van der Waals surface area contributed by atoms with Crippen molar-refractivity contribution in [2.75, 3.05) is 49.5 Å². The van der Waals surface area contributed by atoms with Crippen molar-refractivity contribution in [1.82, 2.24) is 14.2 Å². The first-order valence-corrected chi connectivity index (χ1v) is 14.4. The number of piperazine rings is 1. The molecule has 0 unspecified atom stereocenters. The van der Waals surface area contributed by atoms with Crippen LogP contribution < -0.4 is 21.3 Å². The Morgan fingerprint density at radius 2 is 1.89 bits per heavy atom. The molecule has 0 bridgehead atoms. The Labute approximate surface area is 218 Å². The van der Waals surface area contributed by atoms with Crippen LogP contribution in [0.25, 0.3) is 16.6 Å². The van der Waals surface area contributed by atoms with Crippen LogP contribution in [0.2, 0.25) is 0 Å². The summed E-state index contributed by atoms with van der Waals surface area (Å²) >= 11 is 0. The number of nitrogens with two attached hydrogens (primary N) is 1. The van der Waals surface area contributed by atoms with Crippen LogP contribution in [0.5, 0.6) is 0 Å². The standard InChI is InChI=1S/C27H36N6O3S/c1-4-27(34)30-24-13-21(31-11-8-29-9-12-31)14-26(19(24)3)33-16-18(2)23-15-22(5-6-25(23)33)37(35,36)32-10-7-20(28)17-32/h5-6,13-16,20,29H,4,7-12,17,28H2,1-3H3,(H,30,34)/t20-/m1/s1. The quantitative estimate of drug-likeness (QED) is 0.457. The molecule has 198 valence electrons. The molecule has 10 heteroatoms. The number of carbonyl (C=O) groups excluding carboxylic acids is 1. The van der Waals surface area contributed by atoms with Crippen LogP contribution >= 0.6 is 0 Å². The fourth-order valence-electron chi connectivity index (χ4n) is 5.26. The Kier molecular flexibility index (Phi) is 7.01. The molecule has 2 aromatic carbocycles. The molecule has 2 aliphatic heterocycles. The van der Waals surface area contributed by atoms with Crippen molar-refractivity contribution in [2.45, 2.75) is 44.6 Å². The molecule has 3 heterocycles. The number of carbonyl (C=O) groups is 1. The van der Waals surface area contributed by atoms with Gasteiger partial charge in [-0.2, -0.15) is 4.31 Å². The van der Waals surface area contributed by atoms with Crippen LogP contribution in [0.1, 0.15) is 30.9 Å². The van der Waals surface area contributed by atoms with Gasteiger partial charge in [-0.15, -0.1) is 0 Å². The first kappa shape index (κ1) is 25.7. The smallest absolute Gasteiger partial charge is 0.243 e. The number of anilines is 2. The van der Waals surface area contributed by atoms with E-state index in [4.69, 9.17) is 5.73 Å². The maximum Gasteiger partial charge on any atom is 0.243 e. The van der Waals surface area contributed by atoms with Gasteiger partial charge in [-0.05, 0) is 61.7 Å². The van der Waals surface area contributed by atoms with Crippen molar-refractivity contribution in [2.24, 2.45) is 5.73 Å². The molecule has 9 nitrogen and oxygen atoms in total. The molecule has 2 aliphatic rings. The van der Waals surface area contributed by atoms with Crippen LogP contribution in [-0.4, -0.2) is 68.5 Å². The molecule has 1 aromatic heterocycles.